The molecule has 0 aromatic rings. The summed E-state index contributed by atoms with van der Waals surface area (Å²) in [4.78, 5) is 0. The summed E-state index contributed by atoms with van der Waals surface area (Å²) < 4.78 is 0. The van der Waals surface area contributed by atoms with Gasteiger partial charge in [-0.1, -0.05) is 67.4 Å². The molecule has 4 aliphatic rings. The fourth-order valence-corrected chi connectivity index (χ4v) is 11.6. The number of allylic oxidation sites excluding steroid dienone is 8. The van der Waals surface area contributed by atoms with E-state index in [1.54, 1.807) is 36.0 Å². The summed E-state index contributed by atoms with van der Waals surface area (Å²) in [5, 5.41) is 0.711. The molecule has 4 aliphatic carbocycles. The molecule has 4 atom stereocenters. The van der Waals surface area contributed by atoms with E-state index in [0.29, 0.717) is 16.0 Å². The minimum atomic E-state index is 0.670. The van der Waals surface area contributed by atoms with Crippen LogP contribution in [0.5, 0.6) is 0 Å². The zero-order valence-electron chi connectivity index (χ0n) is 25.4. The van der Waals surface area contributed by atoms with Gasteiger partial charge >= 0.3 is 0 Å². The standard InChI is InChI=1S/C35H59P/c1-27(2)13-9-14-28(3)15-10-16-29(4)17-11-18-30(5)19-12-20-31(6)36-35-23-32-21-33(7,25-35)24-34(8,22-32)26-35/h13,15,17,19,31-32,36H,9-12,14,16,18,20-26H2,1-8H3/b28-15+,29-17+,30-19+. The van der Waals surface area contributed by atoms with Crippen molar-refractivity contribution in [3.8, 4) is 0 Å². The quantitative estimate of drug-likeness (QED) is 0.161. The second-order valence-corrected chi connectivity index (χ2v) is 16.9. The normalized spacial score (nSPS) is 33.6. The van der Waals surface area contributed by atoms with E-state index in [2.05, 4.69) is 79.7 Å². The van der Waals surface area contributed by atoms with Crippen LogP contribution in [0.3, 0.4) is 0 Å². The third kappa shape index (κ3) is 9.29. The zero-order valence-corrected chi connectivity index (χ0v) is 26.4. The fraction of sp³-hybridized carbons (Fsp3) is 0.771. The van der Waals surface area contributed by atoms with E-state index >= 15 is 0 Å². The Morgan fingerprint density at radius 2 is 1.17 bits per heavy atom. The van der Waals surface area contributed by atoms with Gasteiger partial charge in [0.15, 0.2) is 0 Å². The van der Waals surface area contributed by atoms with Gasteiger partial charge in [0.25, 0.3) is 0 Å². The fourth-order valence-electron chi connectivity index (χ4n) is 8.77. The largest absolute Gasteiger partial charge is 0.113 e. The summed E-state index contributed by atoms with van der Waals surface area (Å²) in [5.74, 6) is 1.04. The van der Waals surface area contributed by atoms with Crippen molar-refractivity contribution in [2.75, 3.05) is 0 Å². The Hall–Kier alpha value is -0.610. The molecule has 0 N–H and O–H groups in total. The van der Waals surface area contributed by atoms with Gasteiger partial charge in [0.1, 0.15) is 0 Å². The first-order valence-corrected chi connectivity index (χ1v) is 16.4. The SMILES string of the molecule is CC(C)=CCC/C(C)=C/CC/C(C)=C/CC/C(C)=C/CCC(C)PC12CC3CC(C)(CC(C)(C3)C1)C2. The first-order chi connectivity index (χ1) is 16.9. The van der Waals surface area contributed by atoms with Crippen molar-refractivity contribution in [2.24, 2.45) is 16.7 Å². The van der Waals surface area contributed by atoms with Gasteiger partial charge in [0.05, 0.1) is 0 Å². The zero-order chi connectivity index (χ0) is 26.4. The maximum absolute atomic E-state index is 2.63. The van der Waals surface area contributed by atoms with Gasteiger partial charge in [0, 0.05) is 0 Å². The van der Waals surface area contributed by atoms with Crippen molar-refractivity contribution < 1.29 is 0 Å². The van der Waals surface area contributed by atoms with Crippen molar-refractivity contribution >= 4 is 8.58 Å². The highest BCUT2D eigenvalue weighted by Gasteiger charge is 2.59. The van der Waals surface area contributed by atoms with Crippen molar-refractivity contribution in [1.29, 1.82) is 0 Å². The highest BCUT2D eigenvalue weighted by Crippen LogP contribution is 2.71. The molecule has 0 aliphatic heterocycles. The molecule has 0 spiro atoms. The lowest BCUT2D eigenvalue weighted by Gasteiger charge is -2.66. The molecule has 4 saturated carbocycles. The summed E-state index contributed by atoms with van der Waals surface area (Å²) >= 11 is 0. The highest BCUT2D eigenvalue weighted by atomic mass is 31.1. The Morgan fingerprint density at radius 1 is 0.694 bits per heavy atom. The Labute approximate surface area is 227 Å². The average molecular weight is 511 g/mol. The Bertz CT molecular complexity index is 830. The van der Waals surface area contributed by atoms with Gasteiger partial charge in [-0.15, -0.1) is 8.58 Å². The van der Waals surface area contributed by atoms with E-state index in [0.717, 1.165) is 11.6 Å². The first-order valence-electron chi connectivity index (χ1n) is 15.3. The summed E-state index contributed by atoms with van der Waals surface area (Å²) in [7, 11) is 1.19. The van der Waals surface area contributed by atoms with Gasteiger partial charge in [-0.3, -0.25) is 0 Å². The Balaban J connectivity index is 1.33. The molecule has 0 amide bonds. The lowest BCUT2D eigenvalue weighted by molar-refractivity contribution is -0.0790. The molecule has 4 fully saturated rings. The third-order valence-corrected chi connectivity index (χ3v) is 11.4. The van der Waals surface area contributed by atoms with Crippen LogP contribution in [-0.2, 0) is 0 Å². The molecular formula is C35H59P. The number of rotatable bonds is 14. The van der Waals surface area contributed by atoms with Crippen LogP contribution in [0.1, 0.15) is 145 Å². The molecule has 204 valence electrons. The van der Waals surface area contributed by atoms with Gasteiger partial charge < -0.3 is 0 Å². The number of hydrogen-bond acceptors (Lipinski definition) is 0. The van der Waals surface area contributed by atoms with Crippen LogP contribution in [0, 0.1) is 16.7 Å². The van der Waals surface area contributed by atoms with Gasteiger partial charge in [-0.2, -0.15) is 0 Å². The van der Waals surface area contributed by atoms with E-state index in [4.69, 9.17) is 0 Å². The molecule has 4 rings (SSSR count). The molecular weight excluding hydrogens is 451 g/mol. The monoisotopic (exact) mass is 510 g/mol. The van der Waals surface area contributed by atoms with Crippen LogP contribution >= 0.6 is 8.58 Å². The Morgan fingerprint density at radius 3 is 1.64 bits per heavy atom. The summed E-state index contributed by atoms with van der Waals surface area (Å²) in [6, 6.07) is 0. The molecule has 0 nitrogen and oxygen atoms in total. The van der Waals surface area contributed by atoms with E-state index < -0.39 is 0 Å². The van der Waals surface area contributed by atoms with Gasteiger partial charge in [-0.05, 0) is 152 Å². The van der Waals surface area contributed by atoms with Crippen LogP contribution in [-0.4, -0.2) is 10.8 Å². The van der Waals surface area contributed by atoms with Gasteiger partial charge in [0.2, 0.25) is 0 Å². The maximum atomic E-state index is 2.63. The van der Waals surface area contributed by atoms with Crippen LogP contribution < -0.4 is 0 Å². The van der Waals surface area contributed by atoms with Crippen LogP contribution in [0.2, 0.25) is 0 Å². The average Bonchev–Trinajstić information content (AvgIpc) is 2.70. The highest BCUT2D eigenvalue weighted by molar-refractivity contribution is 7.40. The van der Waals surface area contributed by atoms with E-state index in [-0.39, 0.29) is 0 Å². The van der Waals surface area contributed by atoms with Crippen molar-refractivity contribution in [1.82, 2.24) is 0 Å². The molecule has 0 aromatic carbocycles. The summed E-state index contributed by atoms with van der Waals surface area (Å²) in [5.41, 5.74) is 8.37. The minimum absolute atomic E-state index is 0.670. The molecule has 4 bridgehead atoms. The van der Waals surface area contributed by atoms with E-state index in [1.807, 2.05) is 0 Å². The molecule has 1 heteroatoms. The second kappa shape index (κ2) is 13.0. The van der Waals surface area contributed by atoms with Crippen LogP contribution in [0.15, 0.2) is 46.6 Å². The second-order valence-electron chi connectivity index (χ2n) is 14.6. The molecule has 4 unspecified atom stereocenters. The lowest BCUT2D eigenvalue weighted by Crippen LogP contribution is -2.56. The van der Waals surface area contributed by atoms with Crippen molar-refractivity contribution in [3.05, 3.63) is 46.6 Å². The predicted octanol–water partition coefficient (Wildman–Crippen LogP) is 11.7. The van der Waals surface area contributed by atoms with E-state index in [9.17, 15) is 0 Å². The third-order valence-electron chi connectivity index (χ3n) is 9.43. The number of hydrogen-bond donors (Lipinski definition) is 0. The summed E-state index contributed by atoms with van der Waals surface area (Å²) in [6.45, 7) is 19.2. The predicted molar refractivity (Wildman–Crippen MR) is 166 cm³/mol. The Kier molecular flexibility index (Phi) is 10.8. The van der Waals surface area contributed by atoms with Gasteiger partial charge in [-0.25, -0.2) is 0 Å². The maximum Gasteiger partial charge on any atom is -0.0107 e. The molecule has 36 heavy (non-hydrogen) atoms. The minimum Gasteiger partial charge on any atom is -0.113 e. The lowest BCUT2D eigenvalue weighted by atomic mass is 9.45. The van der Waals surface area contributed by atoms with E-state index in [1.165, 1.54) is 84.8 Å². The molecule has 0 saturated heterocycles. The van der Waals surface area contributed by atoms with Crippen LogP contribution in [0.4, 0.5) is 0 Å². The molecule has 0 radical (unpaired) electrons. The molecule has 0 aromatic heterocycles. The smallest absolute Gasteiger partial charge is 0.0107 e. The van der Waals surface area contributed by atoms with Crippen molar-refractivity contribution in [2.45, 2.75) is 156 Å². The first kappa shape index (κ1) is 29.9. The van der Waals surface area contributed by atoms with Crippen LogP contribution in [0.25, 0.3) is 0 Å². The topological polar surface area (TPSA) is 0 Å². The summed E-state index contributed by atoms with van der Waals surface area (Å²) in [6.07, 6.45) is 29.0. The van der Waals surface area contributed by atoms with Crippen molar-refractivity contribution in [3.63, 3.8) is 0 Å². The molecule has 0 heterocycles.